The normalized spacial score (nSPS) is 16.1. The molecule has 1 heterocycles. The summed E-state index contributed by atoms with van der Waals surface area (Å²) in [6.07, 6.45) is -13.9. The van der Waals surface area contributed by atoms with Gasteiger partial charge in [-0.1, -0.05) is 0 Å². The quantitative estimate of drug-likeness (QED) is 0.836. The molecule has 0 bridgehead atoms. The van der Waals surface area contributed by atoms with Crippen LogP contribution in [-0.2, 0) is 25.8 Å². The van der Waals surface area contributed by atoms with Gasteiger partial charge in [0.2, 0.25) is 0 Å². The molecule has 0 aliphatic carbocycles. The van der Waals surface area contributed by atoms with Crippen LogP contribution >= 0.6 is 0 Å². The van der Waals surface area contributed by atoms with Gasteiger partial charge < -0.3 is 10.2 Å². The highest BCUT2D eigenvalue weighted by atomic mass is 19.4. The molecule has 1 aromatic heterocycles. The highest BCUT2D eigenvalue weighted by Crippen LogP contribution is 2.39. The minimum Gasteiger partial charge on any atom is -0.391 e. The third-order valence-corrected chi connectivity index (χ3v) is 2.93. The minimum atomic E-state index is -5.04. The Labute approximate surface area is 116 Å². The van der Waals surface area contributed by atoms with Crippen molar-refractivity contribution in [1.29, 1.82) is 0 Å². The SMILES string of the molecule is CC(O)C(O)CCc1c(C(F)(F)F)nn(C)c1C(F)(F)F. The number of rotatable bonds is 4. The van der Waals surface area contributed by atoms with Gasteiger partial charge in [0, 0.05) is 12.6 Å². The standard InChI is InChI=1S/C11H14F6N2O2/c1-5(20)7(21)4-3-6-8(10(12,13)14)18-19(2)9(6)11(15,16)17/h5,7,20-21H,3-4H2,1-2H3. The van der Waals surface area contributed by atoms with E-state index in [1.54, 1.807) is 0 Å². The van der Waals surface area contributed by atoms with E-state index in [0.717, 1.165) is 7.05 Å². The van der Waals surface area contributed by atoms with Crippen molar-refractivity contribution in [3.8, 4) is 0 Å². The van der Waals surface area contributed by atoms with Gasteiger partial charge in [0.15, 0.2) is 5.69 Å². The zero-order valence-corrected chi connectivity index (χ0v) is 11.1. The number of aliphatic hydroxyl groups excluding tert-OH is 2. The summed E-state index contributed by atoms with van der Waals surface area (Å²) < 4.78 is 77.0. The van der Waals surface area contributed by atoms with E-state index >= 15 is 0 Å². The topological polar surface area (TPSA) is 58.3 Å². The van der Waals surface area contributed by atoms with Crippen molar-refractivity contribution in [1.82, 2.24) is 9.78 Å². The first-order valence-electron chi connectivity index (χ1n) is 5.92. The van der Waals surface area contributed by atoms with Crippen LogP contribution in [0.25, 0.3) is 0 Å². The van der Waals surface area contributed by atoms with E-state index in [4.69, 9.17) is 5.11 Å². The molecular weight excluding hydrogens is 306 g/mol. The van der Waals surface area contributed by atoms with E-state index in [0.29, 0.717) is 0 Å². The smallest absolute Gasteiger partial charge is 0.391 e. The third kappa shape index (κ3) is 4.10. The second kappa shape index (κ2) is 5.84. The summed E-state index contributed by atoms with van der Waals surface area (Å²) in [7, 11) is 0.770. The number of aryl methyl sites for hydroxylation is 1. The fourth-order valence-corrected chi connectivity index (χ4v) is 1.92. The first-order valence-corrected chi connectivity index (χ1v) is 5.92. The predicted octanol–water partition coefficient (Wildman–Crippen LogP) is 2.13. The van der Waals surface area contributed by atoms with Gasteiger partial charge in [-0.15, -0.1) is 0 Å². The Morgan fingerprint density at radius 3 is 2.00 bits per heavy atom. The molecule has 0 radical (unpaired) electrons. The summed E-state index contributed by atoms with van der Waals surface area (Å²) >= 11 is 0. The molecule has 122 valence electrons. The fourth-order valence-electron chi connectivity index (χ4n) is 1.92. The van der Waals surface area contributed by atoms with Gasteiger partial charge in [-0.05, 0) is 19.8 Å². The van der Waals surface area contributed by atoms with Crippen LogP contribution in [-0.4, -0.2) is 32.2 Å². The van der Waals surface area contributed by atoms with Gasteiger partial charge in [-0.2, -0.15) is 31.4 Å². The largest absolute Gasteiger partial charge is 0.435 e. The molecule has 2 unspecified atom stereocenters. The van der Waals surface area contributed by atoms with Crippen LogP contribution in [0.3, 0.4) is 0 Å². The monoisotopic (exact) mass is 320 g/mol. The summed E-state index contributed by atoms with van der Waals surface area (Å²) in [5, 5.41) is 21.3. The van der Waals surface area contributed by atoms with Crippen molar-refractivity contribution in [2.24, 2.45) is 7.05 Å². The van der Waals surface area contributed by atoms with Crippen LogP contribution in [0.5, 0.6) is 0 Å². The maximum atomic E-state index is 12.9. The van der Waals surface area contributed by atoms with E-state index in [1.807, 2.05) is 0 Å². The van der Waals surface area contributed by atoms with E-state index < -0.39 is 54.4 Å². The number of aromatic nitrogens is 2. The Hall–Kier alpha value is -1.29. The number of hydrogen-bond donors (Lipinski definition) is 2. The lowest BCUT2D eigenvalue weighted by atomic mass is 10.0. The van der Waals surface area contributed by atoms with Gasteiger partial charge in [0.25, 0.3) is 0 Å². The van der Waals surface area contributed by atoms with Gasteiger partial charge in [0.1, 0.15) is 5.69 Å². The second-order valence-electron chi connectivity index (χ2n) is 4.64. The van der Waals surface area contributed by atoms with Crippen LogP contribution in [0.15, 0.2) is 0 Å². The van der Waals surface area contributed by atoms with Crippen LogP contribution in [0.2, 0.25) is 0 Å². The number of hydrogen-bond acceptors (Lipinski definition) is 3. The maximum absolute atomic E-state index is 12.9. The Bertz CT molecular complexity index is 492. The van der Waals surface area contributed by atoms with Crippen LogP contribution < -0.4 is 0 Å². The molecule has 0 aliphatic heterocycles. The van der Waals surface area contributed by atoms with Crippen molar-refractivity contribution in [3.05, 3.63) is 17.0 Å². The zero-order valence-electron chi connectivity index (χ0n) is 11.1. The average Bonchev–Trinajstić information content (AvgIpc) is 2.62. The molecule has 0 aromatic carbocycles. The van der Waals surface area contributed by atoms with Gasteiger partial charge in [-0.3, -0.25) is 4.68 Å². The summed E-state index contributed by atoms with van der Waals surface area (Å²) in [6, 6.07) is 0. The summed E-state index contributed by atoms with van der Waals surface area (Å²) in [5.74, 6) is 0. The van der Waals surface area contributed by atoms with Crippen LogP contribution in [0.1, 0.15) is 30.3 Å². The van der Waals surface area contributed by atoms with Crippen molar-refractivity contribution in [3.63, 3.8) is 0 Å². The number of nitrogens with zero attached hydrogens (tertiary/aromatic N) is 2. The van der Waals surface area contributed by atoms with Crippen LogP contribution in [0.4, 0.5) is 26.3 Å². The van der Waals surface area contributed by atoms with E-state index in [-0.39, 0.29) is 4.68 Å². The summed E-state index contributed by atoms with van der Waals surface area (Å²) in [6.45, 7) is 1.18. The Kier molecular flexibility index (Phi) is 4.94. The first-order chi connectivity index (χ1) is 9.35. The lowest BCUT2D eigenvalue weighted by Gasteiger charge is -2.15. The Balaban J connectivity index is 3.25. The third-order valence-electron chi connectivity index (χ3n) is 2.93. The highest BCUT2D eigenvalue weighted by Gasteiger charge is 2.45. The molecule has 1 rings (SSSR count). The van der Waals surface area contributed by atoms with Crippen molar-refractivity contribution in [2.75, 3.05) is 0 Å². The molecule has 0 saturated heterocycles. The molecule has 0 amide bonds. The van der Waals surface area contributed by atoms with Gasteiger partial charge in [0.05, 0.1) is 12.2 Å². The van der Waals surface area contributed by atoms with Gasteiger partial charge in [-0.25, -0.2) is 0 Å². The Morgan fingerprint density at radius 2 is 1.62 bits per heavy atom. The van der Waals surface area contributed by atoms with Crippen molar-refractivity contribution >= 4 is 0 Å². The molecule has 1 aromatic rings. The minimum absolute atomic E-state index is 0.132. The molecule has 10 heteroatoms. The fraction of sp³-hybridized carbons (Fsp3) is 0.727. The molecule has 21 heavy (non-hydrogen) atoms. The average molecular weight is 320 g/mol. The van der Waals surface area contributed by atoms with Crippen LogP contribution in [0, 0.1) is 0 Å². The molecule has 0 spiro atoms. The Morgan fingerprint density at radius 1 is 1.10 bits per heavy atom. The highest BCUT2D eigenvalue weighted by molar-refractivity contribution is 5.31. The number of alkyl halides is 6. The van der Waals surface area contributed by atoms with Crippen molar-refractivity contribution in [2.45, 2.75) is 44.3 Å². The predicted molar refractivity (Wildman–Crippen MR) is 59.2 cm³/mol. The molecule has 0 aliphatic rings. The molecule has 4 nitrogen and oxygen atoms in total. The molecule has 0 saturated carbocycles. The molecule has 2 N–H and O–H groups in total. The maximum Gasteiger partial charge on any atom is 0.435 e. The number of halogens is 6. The molecule has 2 atom stereocenters. The summed E-state index contributed by atoms with van der Waals surface area (Å²) in [5.41, 5.74) is -4.17. The molecule has 0 fully saturated rings. The van der Waals surface area contributed by atoms with E-state index in [9.17, 15) is 31.4 Å². The van der Waals surface area contributed by atoms with E-state index in [2.05, 4.69) is 5.10 Å². The summed E-state index contributed by atoms with van der Waals surface area (Å²) in [4.78, 5) is 0. The first kappa shape index (κ1) is 17.8. The number of aliphatic hydroxyl groups is 2. The van der Waals surface area contributed by atoms with Crippen molar-refractivity contribution < 1.29 is 36.6 Å². The lowest BCUT2D eigenvalue weighted by molar-refractivity contribution is -0.145. The zero-order chi connectivity index (χ0) is 16.6. The lowest BCUT2D eigenvalue weighted by Crippen LogP contribution is -2.24. The van der Waals surface area contributed by atoms with E-state index in [1.165, 1.54) is 6.92 Å². The molecular formula is C11H14F6N2O2. The van der Waals surface area contributed by atoms with Gasteiger partial charge >= 0.3 is 12.4 Å². The second-order valence-corrected chi connectivity index (χ2v) is 4.64.